The number of carbonyl (C=O) groups excluding carboxylic acids is 1. The van der Waals surface area contributed by atoms with Crippen molar-refractivity contribution in [2.75, 3.05) is 11.9 Å². The van der Waals surface area contributed by atoms with E-state index in [2.05, 4.69) is 5.32 Å². The Balaban J connectivity index is 1.36. The quantitative estimate of drug-likeness (QED) is 0.511. The third-order valence-electron chi connectivity index (χ3n) is 7.94. The van der Waals surface area contributed by atoms with Crippen molar-refractivity contribution in [2.45, 2.75) is 50.9 Å². The molecule has 5 heteroatoms. The summed E-state index contributed by atoms with van der Waals surface area (Å²) in [6, 6.07) is 17.7. The maximum absolute atomic E-state index is 13.6. The van der Waals surface area contributed by atoms with Crippen LogP contribution in [0, 0.1) is 17.8 Å². The van der Waals surface area contributed by atoms with Crippen LogP contribution in [0.25, 0.3) is 5.69 Å². The molecule has 3 aromatic rings. The second-order valence-corrected chi connectivity index (χ2v) is 10.3. The lowest BCUT2D eigenvalue weighted by Gasteiger charge is -2.56. The summed E-state index contributed by atoms with van der Waals surface area (Å²) in [5.74, 6) is 3.11. The maximum Gasteiger partial charge on any atom is 0.259 e. The van der Waals surface area contributed by atoms with Gasteiger partial charge in [-0.1, -0.05) is 18.2 Å². The molecule has 0 radical (unpaired) electrons. The largest absolute Gasteiger partial charge is 0.494 e. The van der Waals surface area contributed by atoms with Crippen molar-refractivity contribution >= 4 is 11.6 Å². The summed E-state index contributed by atoms with van der Waals surface area (Å²) < 4.78 is 7.44. The van der Waals surface area contributed by atoms with Gasteiger partial charge in [-0.05, 0) is 99.6 Å². The Morgan fingerprint density at radius 1 is 1.00 bits per heavy atom. The zero-order chi connectivity index (χ0) is 22.4. The molecule has 0 unspecified atom stereocenters. The molecule has 4 bridgehead atoms. The van der Waals surface area contributed by atoms with E-state index in [1.807, 2.05) is 72.4 Å². The summed E-state index contributed by atoms with van der Waals surface area (Å²) in [5, 5.41) is 8.22. The van der Waals surface area contributed by atoms with Crippen LogP contribution in [0.2, 0.25) is 0 Å². The van der Waals surface area contributed by atoms with E-state index < -0.39 is 0 Å². The minimum atomic E-state index is -0.0768. The van der Waals surface area contributed by atoms with Crippen molar-refractivity contribution in [1.82, 2.24) is 9.78 Å². The highest BCUT2D eigenvalue weighted by Crippen LogP contribution is 2.60. The Morgan fingerprint density at radius 3 is 2.24 bits per heavy atom. The summed E-state index contributed by atoms with van der Waals surface area (Å²) in [6.07, 6.45) is 9.56. The van der Waals surface area contributed by atoms with Crippen molar-refractivity contribution in [1.29, 1.82) is 0 Å². The molecule has 33 heavy (non-hydrogen) atoms. The Hall–Kier alpha value is -3.08. The fraction of sp³-hybridized carbons (Fsp3) is 0.429. The predicted octanol–water partition coefficient (Wildman–Crippen LogP) is 5.99. The third-order valence-corrected chi connectivity index (χ3v) is 7.94. The molecule has 0 atom stereocenters. The topological polar surface area (TPSA) is 56.1 Å². The van der Waals surface area contributed by atoms with Crippen LogP contribution in [0.5, 0.6) is 5.75 Å². The minimum absolute atomic E-state index is 0.0419. The summed E-state index contributed by atoms with van der Waals surface area (Å²) in [7, 11) is 0. The molecule has 1 aromatic heterocycles. The van der Waals surface area contributed by atoms with Crippen LogP contribution in [-0.4, -0.2) is 22.3 Å². The highest BCUT2D eigenvalue weighted by Gasteiger charge is 2.53. The number of ether oxygens (including phenoxy) is 1. The van der Waals surface area contributed by atoms with Gasteiger partial charge in [0.2, 0.25) is 0 Å². The van der Waals surface area contributed by atoms with Crippen molar-refractivity contribution in [2.24, 2.45) is 17.8 Å². The number of nitrogens with zero attached hydrogens (tertiary/aromatic N) is 2. The number of hydrogen-bond donors (Lipinski definition) is 1. The maximum atomic E-state index is 13.6. The second kappa shape index (κ2) is 8.05. The Bertz CT molecular complexity index is 1110. The lowest BCUT2D eigenvalue weighted by molar-refractivity contribution is -0.00765. The van der Waals surface area contributed by atoms with Crippen LogP contribution in [-0.2, 0) is 5.41 Å². The monoisotopic (exact) mass is 441 g/mol. The molecule has 7 rings (SSSR count). The van der Waals surface area contributed by atoms with E-state index in [1.165, 1.54) is 38.5 Å². The molecule has 0 aliphatic heterocycles. The zero-order valence-corrected chi connectivity index (χ0v) is 19.2. The van der Waals surface area contributed by atoms with Crippen LogP contribution < -0.4 is 10.1 Å². The molecule has 4 saturated carbocycles. The van der Waals surface area contributed by atoms with Gasteiger partial charge in [-0.3, -0.25) is 4.79 Å². The SMILES string of the molecule is CCOc1ccc(NC(=O)c2cn(-c3ccccc3)nc2C23CC4CC(CC(C4)C2)C3)cc1. The Morgan fingerprint density at radius 2 is 1.64 bits per heavy atom. The highest BCUT2D eigenvalue weighted by molar-refractivity contribution is 6.05. The summed E-state index contributed by atoms with van der Waals surface area (Å²) in [4.78, 5) is 13.6. The molecule has 4 fully saturated rings. The number of nitrogens with one attached hydrogen (secondary N) is 1. The van der Waals surface area contributed by atoms with Gasteiger partial charge in [0.15, 0.2) is 0 Å². The molecule has 0 spiro atoms. The number of amides is 1. The molecule has 1 heterocycles. The van der Waals surface area contributed by atoms with Crippen LogP contribution >= 0.6 is 0 Å². The molecule has 0 saturated heterocycles. The van der Waals surface area contributed by atoms with Gasteiger partial charge in [-0.2, -0.15) is 5.10 Å². The van der Waals surface area contributed by atoms with E-state index in [4.69, 9.17) is 9.84 Å². The van der Waals surface area contributed by atoms with Gasteiger partial charge in [-0.15, -0.1) is 0 Å². The number of rotatable bonds is 6. The van der Waals surface area contributed by atoms with E-state index in [9.17, 15) is 4.79 Å². The van der Waals surface area contributed by atoms with Crippen molar-refractivity contribution in [3.05, 3.63) is 72.1 Å². The van der Waals surface area contributed by atoms with Gasteiger partial charge < -0.3 is 10.1 Å². The van der Waals surface area contributed by atoms with Gasteiger partial charge in [0.25, 0.3) is 5.91 Å². The van der Waals surface area contributed by atoms with E-state index in [1.54, 1.807) is 0 Å². The molecule has 4 aliphatic carbocycles. The second-order valence-electron chi connectivity index (χ2n) is 10.3. The van der Waals surface area contributed by atoms with Crippen molar-refractivity contribution in [3.8, 4) is 11.4 Å². The molecular formula is C28H31N3O2. The van der Waals surface area contributed by atoms with Gasteiger partial charge in [-0.25, -0.2) is 4.68 Å². The van der Waals surface area contributed by atoms with Gasteiger partial charge in [0, 0.05) is 17.3 Å². The minimum Gasteiger partial charge on any atom is -0.494 e. The van der Waals surface area contributed by atoms with E-state index >= 15 is 0 Å². The molecule has 5 nitrogen and oxygen atoms in total. The van der Waals surface area contributed by atoms with Crippen LogP contribution in [0.3, 0.4) is 0 Å². The van der Waals surface area contributed by atoms with Crippen LogP contribution in [0.15, 0.2) is 60.8 Å². The number of para-hydroxylation sites is 1. The number of carbonyl (C=O) groups is 1. The smallest absolute Gasteiger partial charge is 0.259 e. The average molecular weight is 442 g/mol. The number of aromatic nitrogens is 2. The van der Waals surface area contributed by atoms with Crippen LogP contribution in [0.1, 0.15) is 61.5 Å². The van der Waals surface area contributed by atoms with Crippen molar-refractivity contribution in [3.63, 3.8) is 0 Å². The molecule has 1 amide bonds. The number of anilines is 1. The first-order valence-corrected chi connectivity index (χ1v) is 12.3. The lowest BCUT2D eigenvalue weighted by Crippen LogP contribution is -2.49. The normalized spacial score (nSPS) is 27.5. The highest BCUT2D eigenvalue weighted by atomic mass is 16.5. The first-order chi connectivity index (χ1) is 16.1. The summed E-state index contributed by atoms with van der Waals surface area (Å²) >= 11 is 0. The fourth-order valence-corrected chi connectivity index (χ4v) is 7.05. The van der Waals surface area contributed by atoms with E-state index in [0.717, 1.165) is 46.1 Å². The lowest BCUT2D eigenvalue weighted by atomic mass is 9.48. The predicted molar refractivity (Wildman–Crippen MR) is 129 cm³/mol. The first kappa shape index (κ1) is 20.5. The molecule has 170 valence electrons. The molecule has 4 aliphatic rings. The molecular weight excluding hydrogens is 410 g/mol. The Kier molecular flexibility index (Phi) is 5.01. The summed E-state index contributed by atoms with van der Waals surface area (Å²) in [5.41, 5.74) is 3.53. The summed E-state index contributed by atoms with van der Waals surface area (Å²) in [6.45, 7) is 2.59. The van der Waals surface area contributed by atoms with Gasteiger partial charge in [0.1, 0.15) is 5.75 Å². The first-order valence-electron chi connectivity index (χ1n) is 12.3. The number of benzene rings is 2. The van der Waals surface area contributed by atoms with E-state index in [0.29, 0.717) is 6.61 Å². The van der Waals surface area contributed by atoms with Crippen molar-refractivity contribution < 1.29 is 9.53 Å². The Labute approximate surface area is 195 Å². The zero-order valence-electron chi connectivity index (χ0n) is 19.2. The van der Waals surface area contributed by atoms with E-state index in [-0.39, 0.29) is 11.3 Å². The molecule has 1 N–H and O–H groups in total. The van der Waals surface area contributed by atoms with Crippen LogP contribution in [0.4, 0.5) is 5.69 Å². The van der Waals surface area contributed by atoms with Gasteiger partial charge in [0.05, 0.1) is 23.6 Å². The third kappa shape index (κ3) is 3.73. The standard InChI is InChI=1S/C28H31N3O2/c1-2-33-24-10-8-22(9-11-24)29-27(32)25-18-31(23-6-4-3-5-7-23)30-26(25)28-15-19-12-20(16-28)14-21(13-19)17-28/h3-11,18-21H,2,12-17H2,1H3,(H,29,32). The van der Waals surface area contributed by atoms with Gasteiger partial charge >= 0.3 is 0 Å². The number of hydrogen-bond acceptors (Lipinski definition) is 3. The molecule has 2 aromatic carbocycles. The average Bonchev–Trinajstić information content (AvgIpc) is 3.27. The fourth-order valence-electron chi connectivity index (χ4n) is 7.05.